The van der Waals surface area contributed by atoms with Crippen molar-refractivity contribution in [2.45, 2.75) is 6.92 Å². The molecule has 2 N–H and O–H groups in total. The Hall–Kier alpha value is -2.85. The van der Waals surface area contributed by atoms with Gasteiger partial charge in [0.05, 0.1) is 12.3 Å². The standard InChI is InChI=1S/C20H18ClN3O/c1-14(16-10-9-15-5-2-3-6-17(15)11-16)23-24-20(25)13-22-19-8-4-7-18(21)12-19/h2-12,22H,13H2,1H3,(H,24,25)/b23-14+. The lowest BCUT2D eigenvalue weighted by molar-refractivity contribution is -0.119. The number of rotatable bonds is 5. The van der Waals surface area contributed by atoms with Crippen molar-refractivity contribution in [2.75, 3.05) is 11.9 Å². The van der Waals surface area contributed by atoms with Crippen molar-refractivity contribution in [1.82, 2.24) is 5.43 Å². The third-order valence-corrected chi connectivity index (χ3v) is 4.03. The number of hydrogen-bond acceptors (Lipinski definition) is 3. The molecular formula is C20H18ClN3O. The fourth-order valence-electron chi connectivity index (χ4n) is 2.45. The fraction of sp³-hybridized carbons (Fsp3) is 0.100. The van der Waals surface area contributed by atoms with Gasteiger partial charge in [-0.25, -0.2) is 5.43 Å². The van der Waals surface area contributed by atoms with E-state index in [1.807, 2.05) is 43.3 Å². The van der Waals surface area contributed by atoms with E-state index in [2.05, 4.69) is 34.0 Å². The summed E-state index contributed by atoms with van der Waals surface area (Å²) in [6.07, 6.45) is 0. The van der Waals surface area contributed by atoms with Gasteiger partial charge >= 0.3 is 0 Å². The lowest BCUT2D eigenvalue weighted by atomic mass is 10.0. The van der Waals surface area contributed by atoms with Crippen molar-refractivity contribution < 1.29 is 4.79 Å². The van der Waals surface area contributed by atoms with Gasteiger partial charge in [-0.3, -0.25) is 4.79 Å². The van der Waals surface area contributed by atoms with Crippen LogP contribution >= 0.6 is 11.6 Å². The predicted octanol–water partition coefficient (Wildman–Crippen LogP) is 4.45. The van der Waals surface area contributed by atoms with Crippen LogP contribution < -0.4 is 10.7 Å². The molecule has 0 spiro atoms. The normalized spacial score (nSPS) is 11.4. The summed E-state index contributed by atoms with van der Waals surface area (Å²) in [5.74, 6) is -0.222. The molecule has 126 valence electrons. The maximum atomic E-state index is 11.9. The molecule has 25 heavy (non-hydrogen) atoms. The van der Waals surface area contributed by atoms with Crippen LogP contribution in [0, 0.1) is 0 Å². The Labute approximate surface area is 151 Å². The second-order valence-electron chi connectivity index (χ2n) is 5.66. The molecule has 0 aliphatic rings. The molecule has 1 amide bonds. The number of carbonyl (C=O) groups is 1. The number of nitrogens with zero attached hydrogens (tertiary/aromatic N) is 1. The van der Waals surface area contributed by atoms with Crippen LogP contribution in [0.4, 0.5) is 5.69 Å². The fourth-order valence-corrected chi connectivity index (χ4v) is 2.64. The van der Waals surface area contributed by atoms with E-state index in [1.165, 1.54) is 5.39 Å². The quantitative estimate of drug-likeness (QED) is 0.527. The Morgan fingerprint density at radius 3 is 2.60 bits per heavy atom. The zero-order chi connectivity index (χ0) is 17.6. The van der Waals surface area contributed by atoms with Crippen molar-refractivity contribution >= 4 is 39.7 Å². The molecular weight excluding hydrogens is 334 g/mol. The monoisotopic (exact) mass is 351 g/mol. The third kappa shape index (κ3) is 4.58. The Morgan fingerprint density at radius 2 is 1.80 bits per heavy atom. The maximum Gasteiger partial charge on any atom is 0.259 e. The summed E-state index contributed by atoms with van der Waals surface area (Å²) >= 11 is 5.91. The van der Waals surface area contributed by atoms with E-state index in [0.717, 1.165) is 22.3 Å². The van der Waals surface area contributed by atoms with Crippen LogP contribution in [0.2, 0.25) is 5.02 Å². The molecule has 3 rings (SSSR count). The van der Waals surface area contributed by atoms with E-state index >= 15 is 0 Å². The van der Waals surface area contributed by atoms with Crippen LogP contribution in [0.3, 0.4) is 0 Å². The molecule has 0 fully saturated rings. The summed E-state index contributed by atoms with van der Waals surface area (Å²) < 4.78 is 0. The summed E-state index contributed by atoms with van der Waals surface area (Å²) in [6.45, 7) is 1.99. The van der Waals surface area contributed by atoms with Gasteiger partial charge in [-0.1, -0.05) is 54.1 Å². The number of nitrogens with one attached hydrogen (secondary N) is 2. The summed E-state index contributed by atoms with van der Waals surface area (Å²) in [5.41, 5.74) is 5.08. The Kier molecular flexibility index (Phi) is 5.31. The number of hydrogen-bond donors (Lipinski definition) is 2. The first-order chi connectivity index (χ1) is 12.1. The highest BCUT2D eigenvalue weighted by Crippen LogP contribution is 2.16. The van der Waals surface area contributed by atoms with Crippen LogP contribution in [-0.2, 0) is 4.79 Å². The molecule has 3 aromatic carbocycles. The van der Waals surface area contributed by atoms with Gasteiger partial charge in [-0.15, -0.1) is 0 Å². The number of anilines is 1. The van der Waals surface area contributed by atoms with Crippen molar-refractivity contribution in [2.24, 2.45) is 5.10 Å². The van der Waals surface area contributed by atoms with E-state index in [9.17, 15) is 4.79 Å². The van der Waals surface area contributed by atoms with Crippen LogP contribution in [0.25, 0.3) is 10.8 Å². The lowest BCUT2D eigenvalue weighted by Crippen LogP contribution is -2.26. The van der Waals surface area contributed by atoms with E-state index < -0.39 is 0 Å². The smallest absolute Gasteiger partial charge is 0.259 e. The number of halogens is 1. The number of amides is 1. The van der Waals surface area contributed by atoms with Gasteiger partial charge in [-0.2, -0.15) is 5.10 Å². The second-order valence-corrected chi connectivity index (χ2v) is 6.09. The topological polar surface area (TPSA) is 53.5 Å². The average molecular weight is 352 g/mol. The first-order valence-corrected chi connectivity index (χ1v) is 8.31. The summed E-state index contributed by atoms with van der Waals surface area (Å²) in [7, 11) is 0. The largest absolute Gasteiger partial charge is 0.376 e. The summed E-state index contributed by atoms with van der Waals surface area (Å²) in [6, 6.07) is 21.5. The zero-order valence-corrected chi connectivity index (χ0v) is 14.5. The van der Waals surface area contributed by atoms with Gasteiger partial charge in [0.1, 0.15) is 0 Å². The SMILES string of the molecule is C/C(=N\NC(=O)CNc1cccc(Cl)c1)c1ccc2ccccc2c1. The van der Waals surface area contributed by atoms with Crippen molar-refractivity contribution in [3.8, 4) is 0 Å². The Balaban J connectivity index is 1.60. The average Bonchev–Trinajstić information content (AvgIpc) is 2.64. The Morgan fingerprint density at radius 1 is 1.00 bits per heavy atom. The summed E-state index contributed by atoms with van der Waals surface area (Å²) in [4.78, 5) is 11.9. The molecule has 0 saturated carbocycles. The van der Waals surface area contributed by atoms with Crippen molar-refractivity contribution in [3.05, 3.63) is 77.3 Å². The molecule has 0 bridgehead atoms. The van der Waals surface area contributed by atoms with Crippen LogP contribution in [0.15, 0.2) is 71.8 Å². The molecule has 3 aromatic rings. The second kappa shape index (κ2) is 7.81. The molecule has 0 saturated heterocycles. The molecule has 0 unspecified atom stereocenters. The number of fused-ring (bicyclic) bond motifs is 1. The van der Waals surface area contributed by atoms with Gasteiger partial charge in [0.2, 0.25) is 0 Å². The van der Waals surface area contributed by atoms with Crippen molar-refractivity contribution in [1.29, 1.82) is 0 Å². The Bertz CT molecular complexity index is 937. The van der Waals surface area contributed by atoms with Gasteiger partial charge in [0.15, 0.2) is 0 Å². The molecule has 0 radical (unpaired) electrons. The van der Waals surface area contributed by atoms with E-state index in [4.69, 9.17) is 11.6 Å². The van der Waals surface area contributed by atoms with Gasteiger partial charge in [-0.05, 0) is 47.5 Å². The highest BCUT2D eigenvalue weighted by atomic mass is 35.5. The van der Waals surface area contributed by atoms with Crippen LogP contribution in [0.1, 0.15) is 12.5 Å². The van der Waals surface area contributed by atoms with Crippen molar-refractivity contribution in [3.63, 3.8) is 0 Å². The minimum Gasteiger partial charge on any atom is -0.376 e. The van der Waals surface area contributed by atoms with E-state index in [-0.39, 0.29) is 12.5 Å². The van der Waals surface area contributed by atoms with Crippen LogP contribution in [-0.4, -0.2) is 18.2 Å². The third-order valence-electron chi connectivity index (χ3n) is 3.79. The molecule has 0 aliphatic heterocycles. The molecule has 0 aliphatic carbocycles. The van der Waals surface area contributed by atoms with Gasteiger partial charge < -0.3 is 5.32 Å². The first-order valence-electron chi connectivity index (χ1n) is 7.93. The lowest BCUT2D eigenvalue weighted by Gasteiger charge is -2.07. The van der Waals surface area contributed by atoms with Crippen LogP contribution in [0.5, 0.6) is 0 Å². The number of carbonyl (C=O) groups excluding carboxylic acids is 1. The number of hydrazone groups is 1. The first kappa shape index (κ1) is 17.0. The van der Waals surface area contributed by atoms with E-state index in [0.29, 0.717) is 5.02 Å². The number of benzene rings is 3. The highest BCUT2D eigenvalue weighted by molar-refractivity contribution is 6.30. The highest BCUT2D eigenvalue weighted by Gasteiger charge is 2.03. The van der Waals surface area contributed by atoms with Gasteiger partial charge in [0, 0.05) is 10.7 Å². The zero-order valence-electron chi connectivity index (χ0n) is 13.8. The minimum atomic E-state index is -0.222. The predicted molar refractivity (Wildman–Crippen MR) is 104 cm³/mol. The van der Waals surface area contributed by atoms with Gasteiger partial charge in [0.25, 0.3) is 5.91 Å². The summed E-state index contributed by atoms with van der Waals surface area (Å²) in [5, 5.41) is 10.1. The molecule has 0 aromatic heterocycles. The molecule has 0 atom stereocenters. The minimum absolute atomic E-state index is 0.120. The maximum absolute atomic E-state index is 11.9. The molecule has 5 heteroatoms. The molecule has 0 heterocycles. The van der Waals surface area contributed by atoms with E-state index in [1.54, 1.807) is 12.1 Å². The molecule has 4 nitrogen and oxygen atoms in total.